The van der Waals surface area contributed by atoms with Crippen molar-refractivity contribution in [1.29, 1.82) is 0 Å². The average molecular weight is 766 g/mol. The normalized spacial score (nSPS) is 20.4. The van der Waals surface area contributed by atoms with Crippen molar-refractivity contribution in [2.45, 2.75) is 122 Å². The predicted molar refractivity (Wildman–Crippen MR) is 221 cm³/mol. The smallest absolute Gasteiger partial charge is 0.226 e. The summed E-state index contributed by atoms with van der Waals surface area (Å²) in [6.45, 7) is 18.6. The quantitative estimate of drug-likeness (QED) is 0.0948. The van der Waals surface area contributed by atoms with E-state index >= 15 is 4.39 Å². The summed E-state index contributed by atoms with van der Waals surface area (Å²) in [5.74, 6) is 5.00. The molecule has 0 aliphatic carbocycles. The Bertz CT molecular complexity index is 2170. The summed E-state index contributed by atoms with van der Waals surface area (Å²) in [6, 6.07) is 9.89. The zero-order chi connectivity index (χ0) is 39.3. The lowest BCUT2D eigenvalue weighted by molar-refractivity contribution is -0.120. The first-order valence-electron chi connectivity index (χ1n) is 19.9. The average Bonchev–Trinajstić information content (AvgIpc) is 3.47. The lowest BCUT2D eigenvalue weighted by atomic mass is 9.94. The van der Waals surface area contributed by atoms with E-state index in [1.54, 1.807) is 20.2 Å². The van der Waals surface area contributed by atoms with Crippen LogP contribution in [0.3, 0.4) is 0 Å². The van der Waals surface area contributed by atoms with Crippen molar-refractivity contribution in [3.05, 3.63) is 53.0 Å². The SMILES string of the molecule is CNC(=O)CCc1nc2c3c(nc(-c4cc(OCOC)cc5ccc(F)c(C#C[Si](C(C)C)(C(C)C)C(C)C)c45)cc3c1C)OC(C)C1C3CCC(CN21)N3. The first-order valence-corrected chi connectivity index (χ1v) is 22.2. The van der Waals surface area contributed by atoms with E-state index in [0.29, 0.717) is 69.3 Å². The van der Waals surface area contributed by atoms with Crippen molar-refractivity contribution in [2.24, 2.45) is 0 Å². The molecule has 55 heavy (non-hydrogen) atoms. The standard InChI is InChI=1S/C44H56FN5O4Si/c1-24(2)55(25(3)4,26(5)6)18-17-32-35(45)13-11-29-19-31(53-23-52-10)20-34(40(29)32)38-21-33-27(7)36(15-16-39(51)46-9)48-43-41(33)44(49-38)54-28(8)42-37-14-12-30(47-37)22-50(42)43/h11,13,19-21,24-26,28,30,37,42,47H,12,14-16,22-23H2,1-10H3,(H,46,51). The number of pyridine rings is 2. The number of rotatable bonds is 10. The van der Waals surface area contributed by atoms with Gasteiger partial charge in [-0.2, -0.15) is 0 Å². The summed E-state index contributed by atoms with van der Waals surface area (Å²) in [7, 11) is 1.03. The molecule has 2 fully saturated rings. The van der Waals surface area contributed by atoms with Gasteiger partial charge < -0.3 is 29.7 Å². The molecule has 0 radical (unpaired) electrons. The summed E-state index contributed by atoms with van der Waals surface area (Å²) < 4.78 is 34.6. The molecule has 2 saturated heterocycles. The maximum Gasteiger partial charge on any atom is 0.226 e. The summed E-state index contributed by atoms with van der Waals surface area (Å²) >= 11 is 0. The molecule has 3 aliphatic heterocycles. The number of nitrogens with zero attached hydrogens (tertiary/aromatic N) is 3. The number of methoxy groups -OCH3 is 1. The van der Waals surface area contributed by atoms with Gasteiger partial charge in [-0.3, -0.25) is 4.79 Å². The van der Waals surface area contributed by atoms with Crippen molar-refractivity contribution in [3.63, 3.8) is 0 Å². The molecule has 2 bridgehead atoms. The molecule has 1 amide bonds. The number of aromatic nitrogens is 2. The van der Waals surface area contributed by atoms with Crippen LogP contribution in [0.15, 0.2) is 30.3 Å². The first-order chi connectivity index (χ1) is 26.3. The second kappa shape index (κ2) is 15.4. The number of piperazine rings is 1. The first kappa shape index (κ1) is 39.0. The Hall–Kier alpha value is -4.24. The monoisotopic (exact) mass is 765 g/mol. The molecular weight excluding hydrogens is 710 g/mol. The Morgan fingerprint density at radius 3 is 2.53 bits per heavy atom. The van der Waals surface area contributed by atoms with Gasteiger partial charge in [0.25, 0.3) is 0 Å². The Labute approximate surface area is 326 Å². The van der Waals surface area contributed by atoms with Crippen LogP contribution in [0.4, 0.5) is 10.2 Å². The van der Waals surface area contributed by atoms with Crippen LogP contribution < -0.4 is 25.0 Å². The number of amides is 1. The van der Waals surface area contributed by atoms with E-state index in [1.165, 1.54) is 6.07 Å². The highest BCUT2D eigenvalue weighted by Gasteiger charge is 2.47. The fourth-order valence-corrected chi connectivity index (χ4v) is 15.1. The highest BCUT2D eigenvalue weighted by Crippen LogP contribution is 2.46. The minimum absolute atomic E-state index is 0.0344. The molecule has 292 valence electrons. The third-order valence-corrected chi connectivity index (χ3v) is 18.9. The van der Waals surface area contributed by atoms with Crippen molar-refractivity contribution in [2.75, 3.05) is 32.4 Å². The number of aryl methyl sites for hydroxylation is 2. The van der Waals surface area contributed by atoms with E-state index in [9.17, 15) is 4.79 Å². The van der Waals surface area contributed by atoms with E-state index in [-0.39, 0.29) is 36.7 Å². The lowest BCUT2D eigenvalue weighted by Gasteiger charge is -2.43. The molecule has 2 aromatic carbocycles. The van der Waals surface area contributed by atoms with Gasteiger partial charge in [0.15, 0.2) is 6.79 Å². The molecule has 2 N–H and O–H groups in total. The minimum atomic E-state index is -2.21. The van der Waals surface area contributed by atoms with Gasteiger partial charge in [-0.05, 0) is 90.3 Å². The van der Waals surface area contributed by atoms with Crippen LogP contribution in [0.5, 0.6) is 11.6 Å². The second-order valence-corrected chi connectivity index (χ2v) is 22.2. The lowest BCUT2D eigenvalue weighted by Crippen LogP contribution is -2.62. The van der Waals surface area contributed by atoms with Crippen molar-refractivity contribution in [3.8, 4) is 34.4 Å². The Morgan fingerprint density at radius 1 is 1.09 bits per heavy atom. The van der Waals surface area contributed by atoms with Crippen LogP contribution >= 0.6 is 0 Å². The fourth-order valence-electron chi connectivity index (χ4n) is 9.93. The van der Waals surface area contributed by atoms with Crippen molar-refractivity contribution >= 4 is 41.3 Å². The maximum absolute atomic E-state index is 16.4. The van der Waals surface area contributed by atoms with Gasteiger partial charge in [-0.25, -0.2) is 14.4 Å². The third-order valence-electron chi connectivity index (χ3n) is 12.6. The number of hydrogen-bond donors (Lipinski definition) is 2. The molecule has 3 aliphatic rings. The highest BCUT2D eigenvalue weighted by molar-refractivity contribution is 6.90. The van der Waals surface area contributed by atoms with Crippen LogP contribution in [0.2, 0.25) is 16.6 Å². The molecule has 7 rings (SSSR count). The number of hydrogen-bond acceptors (Lipinski definition) is 8. The third kappa shape index (κ3) is 6.85. The number of fused-ring (bicyclic) bond motifs is 6. The molecule has 9 nitrogen and oxygen atoms in total. The molecule has 4 aromatic rings. The summed E-state index contributed by atoms with van der Waals surface area (Å²) in [5.41, 5.74) is 8.45. The van der Waals surface area contributed by atoms with E-state index < -0.39 is 8.07 Å². The maximum atomic E-state index is 16.4. The van der Waals surface area contributed by atoms with E-state index in [2.05, 4.69) is 88.5 Å². The number of nitrogens with one attached hydrogen (secondary N) is 2. The summed E-state index contributed by atoms with van der Waals surface area (Å²) in [6.07, 6.45) is 2.79. The van der Waals surface area contributed by atoms with Crippen molar-refractivity contribution < 1.29 is 23.4 Å². The van der Waals surface area contributed by atoms with Crippen LogP contribution in [0, 0.1) is 24.2 Å². The van der Waals surface area contributed by atoms with Gasteiger partial charge in [0.2, 0.25) is 11.8 Å². The molecule has 0 saturated carbocycles. The van der Waals surface area contributed by atoms with E-state index in [4.69, 9.17) is 24.2 Å². The number of carbonyl (C=O) groups is 1. The predicted octanol–water partition coefficient (Wildman–Crippen LogP) is 8.22. The van der Waals surface area contributed by atoms with E-state index in [0.717, 1.165) is 52.6 Å². The van der Waals surface area contributed by atoms with Crippen LogP contribution in [-0.4, -0.2) is 75.7 Å². The Morgan fingerprint density at radius 2 is 1.84 bits per heavy atom. The number of carbonyl (C=O) groups excluding carboxylic acids is 1. The van der Waals surface area contributed by atoms with Gasteiger partial charge >= 0.3 is 0 Å². The van der Waals surface area contributed by atoms with Gasteiger partial charge in [-0.1, -0.05) is 53.5 Å². The van der Waals surface area contributed by atoms with Gasteiger partial charge in [-0.15, -0.1) is 5.54 Å². The van der Waals surface area contributed by atoms with Gasteiger partial charge in [0, 0.05) is 55.9 Å². The Balaban J connectivity index is 1.52. The molecule has 4 atom stereocenters. The minimum Gasteiger partial charge on any atom is -0.472 e. The number of anilines is 1. The van der Waals surface area contributed by atoms with Crippen LogP contribution in [-0.2, 0) is 16.0 Å². The van der Waals surface area contributed by atoms with Gasteiger partial charge in [0.1, 0.15) is 31.6 Å². The molecule has 2 aromatic heterocycles. The number of ether oxygens (including phenoxy) is 3. The van der Waals surface area contributed by atoms with E-state index in [1.807, 2.05) is 12.1 Å². The second-order valence-electron chi connectivity index (χ2n) is 16.6. The highest BCUT2D eigenvalue weighted by atomic mass is 28.3. The summed E-state index contributed by atoms with van der Waals surface area (Å²) in [4.78, 5) is 25.6. The van der Waals surface area contributed by atoms with Crippen LogP contribution in [0.1, 0.15) is 84.5 Å². The molecule has 0 spiro atoms. The van der Waals surface area contributed by atoms with Crippen LogP contribution in [0.25, 0.3) is 32.8 Å². The zero-order valence-corrected chi connectivity index (χ0v) is 35.0. The number of benzene rings is 2. The largest absolute Gasteiger partial charge is 0.472 e. The topological polar surface area (TPSA) is 97.8 Å². The number of halogens is 1. The molecule has 5 heterocycles. The fraction of sp³-hybridized carbons (Fsp3) is 0.523. The van der Waals surface area contributed by atoms with Crippen molar-refractivity contribution in [1.82, 2.24) is 20.6 Å². The molecular formula is C44H56FN5O4Si. The summed E-state index contributed by atoms with van der Waals surface area (Å²) in [5, 5.41) is 9.87. The van der Waals surface area contributed by atoms with Gasteiger partial charge in [0.05, 0.1) is 22.7 Å². The zero-order valence-electron chi connectivity index (χ0n) is 34.0. The molecule has 11 heteroatoms. The molecule has 4 unspecified atom stereocenters. The Kier molecular flexibility index (Phi) is 10.9.